The van der Waals surface area contributed by atoms with Gasteiger partial charge in [0.05, 0.1) is 11.4 Å². The van der Waals surface area contributed by atoms with Crippen LogP contribution in [0.2, 0.25) is 0 Å². The molecule has 0 N–H and O–H groups in total. The Morgan fingerprint density at radius 2 is 1.84 bits per heavy atom. The van der Waals surface area contributed by atoms with Gasteiger partial charge in [0.15, 0.2) is 5.76 Å². The molecule has 0 aliphatic carbocycles. The van der Waals surface area contributed by atoms with E-state index in [1.165, 1.54) is 17.3 Å². The minimum Gasteiger partial charge on any atom is -0.356 e. The predicted octanol–water partition coefficient (Wildman–Crippen LogP) is 3.92. The molecule has 25 heavy (non-hydrogen) atoms. The van der Waals surface area contributed by atoms with E-state index in [4.69, 9.17) is 4.52 Å². The fourth-order valence-corrected chi connectivity index (χ4v) is 3.15. The minimum atomic E-state index is 0.628. The highest BCUT2D eigenvalue weighted by molar-refractivity contribution is 7.98. The van der Waals surface area contributed by atoms with Crippen molar-refractivity contribution in [1.29, 1.82) is 0 Å². The van der Waals surface area contributed by atoms with Crippen molar-refractivity contribution in [3.05, 3.63) is 71.9 Å². The third-order valence-corrected chi connectivity index (χ3v) is 4.64. The Balaban J connectivity index is 1.49. The van der Waals surface area contributed by atoms with Crippen LogP contribution in [0.15, 0.2) is 70.3 Å². The summed E-state index contributed by atoms with van der Waals surface area (Å²) in [5.74, 6) is 1.39. The second kappa shape index (κ2) is 6.90. The number of thioether (sulfide) groups is 1. The predicted molar refractivity (Wildman–Crippen MR) is 95.4 cm³/mol. The van der Waals surface area contributed by atoms with Crippen molar-refractivity contribution >= 4 is 11.8 Å². The highest BCUT2D eigenvalue weighted by Gasteiger charge is 2.12. The van der Waals surface area contributed by atoms with E-state index in [9.17, 15) is 0 Å². The molecule has 7 heteroatoms. The van der Waals surface area contributed by atoms with Crippen LogP contribution < -0.4 is 0 Å². The van der Waals surface area contributed by atoms with Gasteiger partial charge in [-0.3, -0.25) is 0 Å². The molecule has 4 aromatic rings. The maximum atomic E-state index is 5.43. The fraction of sp³-hybridized carbons (Fsp3) is 0.111. The van der Waals surface area contributed by atoms with Crippen LogP contribution in [0.1, 0.15) is 11.3 Å². The van der Waals surface area contributed by atoms with Crippen LogP contribution in [-0.4, -0.2) is 25.4 Å². The van der Waals surface area contributed by atoms with Gasteiger partial charge in [-0.2, -0.15) is 4.68 Å². The van der Waals surface area contributed by atoms with Crippen molar-refractivity contribution < 1.29 is 4.52 Å². The van der Waals surface area contributed by atoms with E-state index < -0.39 is 0 Å². The topological polar surface area (TPSA) is 69.6 Å². The molecule has 0 unspecified atom stereocenters. The molecule has 2 aromatic carbocycles. The van der Waals surface area contributed by atoms with Crippen molar-refractivity contribution in [2.24, 2.45) is 0 Å². The summed E-state index contributed by atoms with van der Waals surface area (Å²) < 4.78 is 7.15. The summed E-state index contributed by atoms with van der Waals surface area (Å²) in [6.07, 6.45) is 0. The van der Waals surface area contributed by atoms with Gasteiger partial charge in [-0.05, 0) is 29.5 Å². The molecule has 0 amide bonds. The maximum Gasteiger partial charge on any atom is 0.214 e. The number of nitrogens with zero attached hydrogens (tertiary/aromatic N) is 5. The molecule has 0 fully saturated rings. The van der Waals surface area contributed by atoms with Crippen molar-refractivity contribution in [2.75, 3.05) is 0 Å². The molecule has 124 valence electrons. The zero-order chi connectivity index (χ0) is 17.1. The van der Waals surface area contributed by atoms with Crippen LogP contribution in [0.4, 0.5) is 0 Å². The minimum absolute atomic E-state index is 0.628. The Morgan fingerprint density at radius 3 is 2.64 bits per heavy atom. The first kappa shape index (κ1) is 15.6. The molecule has 0 bridgehead atoms. The Labute approximate surface area is 148 Å². The number of aryl methyl sites for hydroxylation is 1. The summed E-state index contributed by atoms with van der Waals surface area (Å²) in [6, 6.07) is 19.9. The summed E-state index contributed by atoms with van der Waals surface area (Å²) >= 11 is 1.52. The van der Waals surface area contributed by atoms with Gasteiger partial charge in [-0.25, -0.2) is 0 Å². The number of aromatic nitrogens is 5. The number of hydrogen-bond donors (Lipinski definition) is 0. The van der Waals surface area contributed by atoms with Crippen molar-refractivity contribution in [1.82, 2.24) is 25.4 Å². The first-order chi connectivity index (χ1) is 12.3. The normalized spacial score (nSPS) is 10.9. The molecular weight excluding hydrogens is 334 g/mol. The Hall–Kier alpha value is -2.93. The van der Waals surface area contributed by atoms with Crippen LogP contribution >= 0.6 is 11.8 Å². The molecule has 0 saturated carbocycles. The lowest BCUT2D eigenvalue weighted by molar-refractivity contribution is 0.426. The van der Waals surface area contributed by atoms with Gasteiger partial charge in [-0.1, -0.05) is 64.9 Å². The molecule has 0 aliphatic heterocycles. The molecule has 2 aromatic heterocycles. The van der Waals surface area contributed by atoms with Gasteiger partial charge in [0, 0.05) is 17.4 Å². The molecule has 0 spiro atoms. The van der Waals surface area contributed by atoms with E-state index in [1.54, 1.807) is 4.68 Å². The summed E-state index contributed by atoms with van der Waals surface area (Å²) in [7, 11) is 0. The summed E-state index contributed by atoms with van der Waals surface area (Å²) in [5.41, 5.74) is 3.99. The molecule has 0 atom stereocenters. The number of benzene rings is 2. The molecule has 0 aliphatic rings. The largest absolute Gasteiger partial charge is 0.356 e. The third-order valence-electron chi connectivity index (χ3n) is 3.69. The van der Waals surface area contributed by atoms with Crippen LogP contribution in [0.3, 0.4) is 0 Å². The average molecular weight is 349 g/mol. The quantitative estimate of drug-likeness (QED) is 0.509. The lowest BCUT2D eigenvalue weighted by Gasteiger charge is -2.03. The Morgan fingerprint density at radius 1 is 1.04 bits per heavy atom. The van der Waals surface area contributed by atoms with Crippen molar-refractivity contribution in [3.63, 3.8) is 0 Å². The van der Waals surface area contributed by atoms with E-state index in [0.717, 1.165) is 22.7 Å². The first-order valence-electron chi connectivity index (χ1n) is 7.79. The maximum absolute atomic E-state index is 5.43. The van der Waals surface area contributed by atoms with Crippen molar-refractivity contribution in [3.8, 4) is 17.0 Å². The lowest BCUT2D eigenvalue weighted by atomic mass is 10.2. The van der Waals surface area contributed by atoms with E-state index in [1.807, 2.05) is 67.6 Å². The average Bonchev–Trinajstić information content (AvgIpc) is 3.31. The van der Waals surface area contributed by atoms with Gasteiger partial charge >= 0.3 is 0 Å². The van der Waals surface area contributed by atoms with E-state index in [0.29, 0.717) is 10.9 Å². The van der Waals surface area contributed by atoms with E-state index in [2.05, 4.69) is 20.7 Å². The molecule has 6 nitrogen and oxygen atoms in total. The molecule has 0 saturated heterocycles. The van der Waals surface area contributed by atoms with Crippen LogP contribution in [-0.2, 0) is 5.75 Å². The van der Waals surface area contributed by atoms with Crippen molar-refractivity contribution in [2.45, 2.75) is 17.8 Å². The van der Waals surface area contributed by atoms with Gasteiger partial charge < -0.3 is 4.52 Å². The second-order valence-electron chi connectivity index (χ2n) is 5.55. The molecule has 4 rings (SSSR count). The smallest absolute Gasteiger partial charge is 0.214 e. The fourth-order valence-electron chi connectivity index (χ4n) is 2.37. The zero-order valence-electron chi connectivity index (χ0n) is 13.5. The van der Waals surface area contributed by atoms with Gasteiger partial charge in [0.1, 0.15) is 0 Å². The molecule has 0 radical (unpaired) electrons. The molecule has 2 heterocycles. The van der Waals surface area contributed by atoms with Crippen LogP contribution in [0.25, 0.3) is 17.0 Å². The number of hydrogen-bond acceptors (Lipinski definition) is 6. The SMILES string of the molecule is Cc1ccc(-n2nnnc2SCc2cc(-c3ccccc3)on2)cc1. The first-order valence-corrected chi connectivity index (χ1v) is 8.77. The van der Waals surface area contributed by atoms with E-state index in [-0.39, 0.29) is 0 Å². The zero-order valence-corrected chi connectivity index (χ0v) is 14.3. The highest BCUT2D eigenvalue weighted by Crippen LogP contribution is 2.25. The standard InChI is InChI=1S/C18H15N5OS/c1-13-7-9-16(10-8-13)23-18(19-21-22-23)25-12-15-11-17(24-20-15)14-5-3-2-4-6-14/h2-11H,12H2,1H3. The third kappa shape index (κ3) is 3.46. The Kier molecular flexibility index (Phi) is 4.30. The van der Waals surface area contributed by atoms with Gasteiger partial charge in [-0.15, -0.1) is 5.10 Å². The van der Waals surface area contributed by atoms with Gasteiger partial charge in [0.25, 0.3) is 0 Å². The summed E-state index contributed by atoms with van der Waals surface area (Å²) in [6.45, 7) is 2.05. The number of tetrazole rings is 1. The summed E-state index contributed by atoms with van der Waals surface area (Å²) in [5, 5.41) is 16.8. The summed E-state index contributed by atoms with van der Waals surface area (Å²) in [4.78, 5) is 0. The van der Waals surface area contributed by atoms with E-state index >= 15 is 0 Å². The lowest BCUT2D eigenvalue weighted by Crippen LogP contribution is -1.99. The highest BCUT2D eigenvalue weighted by atomic mass is 32.2. The number of rotatable bonds is 5. The van der Waals surface area contributed by atoms with Gasteiger partial charge in [0.2, 0.25) is 5.16 Å². The Bertz CT molecular complexity index is 963. The van der Waals surface area contributed by atoms with Crippen LogP contribution in [0, 0.1) is 6.92 Å². The monoisotopic (exact) mass is 349 g/mol. The second-order valence-corrected chi connectivity index (χ2v) is 6.49. The molecular formula is C18H15N5OS. The van der Waals surface area contributed by atoms with Crippen LogP contribution in [0.5, 0.6) is 0 Å².